The first kappa shape index (κ1) is 17.2. The summed E-state index contributed by atoms with van der Waals surface area (Å²) in [7, 11) is 0. The lowest BCUT2D eigenvalue weighted by Crippen LogP contribution is -2.32. The highest BCUT2D eigenvalue weighted by Crippen LogP contribution is 2.14. The summed E-state index contributed by atoms with van der Waals surface area (Å²) < 4.78 is 0. The van der Waals surface area contributed by atoms with E-state index < -0.39 is 0 Å². The molecule has 0 aliphatic heterocycles. The smallest absolute Gasteiger partial charge is 0.251 e. The third kappa shape index (κ3) is 5.71. The zero-order valence-corrected chi connectivity index (χ0v) is 12.3. The van der Waals surface area contributed by atoms with Gasteiger partial charge in [-0.05, 0) is 43.7 Å². The van der Waals surface area contributed by atoms with Gasteiger partial charge in [-0.3, -0.25) is 4.79 Å². The van der Waals surface area contributed by atoms with E-state index in [2.05, 4.69) is 17.6 Å². The van der Waals surface area contributed by atoms with Crippen LogP contribution in [0.5, 0.6) is 0 Å². The van der Waals surface area contributed by atoms with Crippen LogP contribution in [-0.4, -0.2) is 25.5 Å². The maximum Gasteiger partial charge on any atom is 0.251 e. The zero-order chi connectivity index (χ0) is 12.7. The molecular weight excluding hydrogens is 271 g/mol. The number of hydrogen-bond acceptors (Lipinski definition) is 2. The second kappa shape index (κ2) is 9.20. The van der Waals surface area contributed by atoms with Gasteiger partial charge in [-0.15, -0.1) is 12.4 Å². The predicted molar refractivity (Wildman–Crippen MR) is 78.9 cm³/mol. The minimum atomic E-state index is -0.0440. The quantitative estimate of drug-likeness (QED) is 0.791. The Labute approximate surface area is 120 Å². The van der Waals surface area contributed by atoms with E-state index in [9.17, 15) is 4.79 Å². The van der Waals surface area contributed by atoms with Crippen molar-refractivity contribution >= 4 is 29.9 Å². The van der Waals surface area contributed by atoms with Crippen LogP contribution in [0.1, 0.15) is 29.3 Å². The number of carbonyl (C=O) groups excluding carboxylic acids is 1. The molecule has 0 atom stereocenters. The summed E-state index contributed by atoms with van der Waals surface area (Å²) in [5.41, 5.74) is 1.58. The Morgan fingerprint density at radius 1 is 1.28 bits per heavy atom. The van der Waals surface area contributed by atoms with Gasteiger partial charge in [0, 0.05) is 23.7 Å². The third-order valence-corrected chi connectivity index (χ3v) is 2.68. The SMILES string of the molecule is CCCNCCNC(=O)c1ccc(Cl)cc1C.Cl. The molecule has 0 aliphatic rings. The number of amides is 1. The van der Waals surface area contributed by atoms with E-state index in [1.54, 1.807) is 18.2 Å². The average molecular weight is 291 g/mol. The van der Waals surface area contributed by atoms with E-state index >= 15 is 0 Å². The number of nitrogens with one attached hydrogen (secondary N) is 2. The van der Waals surface area contributed by atoms with Gasteiger partial charge in [0.1, 0.15) is 0 Å². The molecule has 0 radical (unpaired) electrons. The Morgan fingerprint density at radius 2 is 2.00 bits per heavy atom. The molecule has 0 unspecified atom stereocenters. The Balaban J connectivity index is 0.00000289. The van der Waals surface area contributed by atoms with Crippen molar-refractivity contribution in [3.63, 3.8) is 0 Å². The number of hydrogen-bond donors (Lipinski definition) is 2. The maximum atomic E-state index is 11.8. The largest absolute Gasteiger partial charge is 0.351 e. The average Bonchev–Trinajstić information content (AvgIpc) is 2.28. The number of halogens is 2. The van der Waals surface area contributed by atoms with Gasteiger partial charge in [0.15, 0.2) is 0 Å². The highest BCUT2D eigenvalue weighted by molar-refractivity contribution is 6.30. The van der Waals surface area contributed by atoms with Crippen LogP contribution < -0.4 is 10.6 Å². The van der Waals surface area contributed by atoms with Crippen molar-refractivity contribution in [1.29, 1.82) is 0 Å². The number of aryl methyl sites for hydroxylation is 1. The van der Waals surface area contributed by atoms with Gasteiger partial charge >= 0.3 is 0 Å². The highest BCUT2D eigenvalue weighted by atomic mass is 35.5. The molecule has 2 N–H and O–H groups in total. The monoisotopic (exact) mass is 290 g/mol. The number of benzene rings is 1. The first-order chi connectivity index (χ1) is 8.15. The van der Waals surface area contributed by atoms with E-state index in [-0.39, 0.29) is 18.3 Å². The summed E-state index contributed by atoms with van der Waals surface area (Å²) in [5, 5.41) is 6.76. The van der Waals surface area contributed by atoms with Crippen LogP contribution in [0.4, 0.5) is 0 Å². The number of carbonyl (C=O) groups is 1. The zero-order valence-electron chi connectivity index (χ0n) is 10.8. The lowest BCUT2D eigenvalue weighted by Gasteiger charge is -2.08. The van der Waals surface area contributed by atoms with E-state index in [4.69, 9.17) is 11.6 Å². The summed E-state index contributed by atoms with van der Waals surface area (Å²) >= 11 is 5.84. The van der Waals surface area contributed by atoms with Crippen LogP contribution >= 0.6 is 24.0 Å². The molecule has 0 fully saturated rings. The highest BCUT2D eigenvalue weighted by Gasteiger charge is 2.07. The second-order valence-corrected chi connectivity index (χ2v) is 4.40. The van der Waals surface area contributed by atoms with Crippen molar-refractivity contribution < 1.29 is 4.79 Å². The molecule has 5 heteroatoms. The van der Waals surface area contributed by atoms with Crippen molar-refractivity contribution in [2.75, 3.05) is 19.6 Å². The van der Waals surface area contributed by atoms with Gasteiger partial charge in [0.05, 0.1) is 0 Å². The molecule has 0 saturated heterocycles. The van der Waals surface area contributed by atoms with Gasteiger partial charge in [0.25, 0.3) is 5.91 Å². The van der Waals surface area contributed by atoms with Crippen molar-refractivity contribution in [3.8, 4) is 0 Å². The molecule has 1 aromatic rings. The van der Waals surface area contributed by atoms with Crippen LogP contribution in [0.2, 0.25) is 5.02 Å². The third-order valence-electron chi connectivity index (χ3n) is 2.45. The first-order valence-electron chi connectivity index (χ1n) is 5.90. The molecule has 1 aromatic carbocycles. The molecule has 102 valence electrons. The fourth-order valence-corrected chi connectivity index (χ4v) is 1.77. The number of rotatable bonds is 6. The summed E-state index contributed by atoms with van der Waals surface area (Å²) in [5.74, 6) is -0.0440. The van der Waals surface area contributed by atoms with Gasteiger partial charge in [0.2, 0.25) is 0 Å². The maximum absolute atomic E-state index is 11.8. The minimum absolute atomic E-state index is 0. The van der Waals surface area contributed by atoms with Crippen molar-refractivity contribution in [1.82, 2.24) is 10.6 Å². The summed E-state index contributed by atoms with van der Waals surface area (Å²) in [6, 6.07) is 5.29. The van der Waals surface area contributed by atoms with E-state index in [0.29, 0.717) is 17.1 Å². The van der Waals surface area contributed by atoms with Crippen LogP contribution in [0.3, 0.4) is 0 Å². The molecule has 0 aromatic heterocycles. The van der Waals surface area contributed by atoms with Gasteiger partial charge in [-0.2, -0.15) is 0 Å². The molecule has 3 nitrogen and oxygen atoms in total. The Kier molecular flexibility index (Phi) is 8.81. The van der Waals surface area contributed by atoms with Crippen LogP contribution in [0, 0.1) is 6.92 Å². The predicted octanol–water partition coefficient (Wildman–Crippen LogP) is 2.80. The minimum Gasteiger partial charge on any atom is -0.351 e. The normalized spacial score (nSPS) is 9.72. The van der Waals surface area contributed by atoms with Gasteiger partial charge in [-0.1, -0.05) is 18.5 Å². The molecule has 0 bridgehead atoms. The van der Waals surface area contributed by atoms with Gasteiger partial charge in [-0.25, -0.2) is 0 Å². The van der Waals surface area contributed by atoms with Crippen LogP contribution in [0.25, 0.3) is 0 Å². The molecule has 1 amide bonds. The molecule has 0 heterocycles. The fourth-order valence-electron chi connectivity index (χ4n) is 1.54. The summed E-state index contributed by atoms with van der Waals surface area (Å²) in [6.45, 7) is 6.42. The molecule has 0 spiro atoms. The standard InChI is InChI=1S/C13H19ClN2O.ClH/c1-3-6-15-7-8-16-13(17)12-5-4-11(14)9-10(12)2;/h4-5,9,15H,3,6-8H2,1-2H3,(H,16,17);1H. The topological polar surface area (TPSA) is 41.1 Å². The molecule has 1 rings (SSSR count). The van der Waals surface area contributed by atoms with E-state index in [1.165, 1.54) is 0 Å². The molecular formula is C13H20Cl2N2O. The second-order valence-electron chi connectivity index (χ2n) is 3.97. The van der Waals surface area contributed by atoms with Crippen molar-refractivity contribution in [2.24, 2.45) is 0 Å². The first-order valence-corrected chi connectivity index (χ1v) is 6.28. The van der Waals surface area contributed by atoms with Crippen LogP contribution in [-0.2, 0) is 0 Å². The lowest BCUT2D eigenvalue weighted by molar-refractivity contribution is 0.0953. The van der Waals surface area contributed by atoms with E-state index in [1.807, 2.05) is 6.92 Å². The summed E-state index contributed by atoms with van der Waals surface area (Å²) in [6.07, 6.45) is 1.10. The summed E-state index contributed by atoms with van der Waals surface area (Å²) in [4.78, 5) is 11.8. The fraction of sp³-hybridized carbons (Fsp3) is 0.462. The Hall–Kier alpha value is -0.770. The Morgan fingerprint density at radius 3 is 2.61 bits per heavy atom. The Bertz CT molecular complexity index is 383. The van der Waals surface area contributed by atoms with E-state index in [0.717, 1.165) is 25.1 Å². The van der Waals surface area contributed by atoms with Crippen molar-refractivity contribution in [3.05, 3.63) is 34.3 Å². The van der Waals surface area contributed by atoms with Crippen molar-refractivity contribution in [2.45, 2.75) is 20.3 Å². The molecule has 0 saturated carbocycles. The lowest BCUT2D eigenvalue weighted by atomic mass is 10.1. The molecule has 0 aliphatic carbocycles. The molecule has 18 heavy (non-hydrogen) atoms. The van der Waals surface area contributed by atoms with Gasteiger partial charge < -0.3 is 10.6 Å². The van der Waals surface area contributed by atoms with Crippen LogP contribution in [0.15, 0.2) is 18.2 Å².